The average molecular weight is 239 g/mol. The number of rotatable bonds is 6. The largest absolute Gasteiger partial charge is 0.319 e. The Bertz CT molecular complexity index is 198. The maximum Gasteiger partial charge on any atom is -0.00209 e. The maximum absolute atomic E-state index is 3.40. The van der Waals surface area contributed by atoms with Gasteiger partial charge in [0.2, 0.25) is 0 Å². The van der Waals surface area contributed by atoms with Gasteiger partial charge in [-0.1, -0.05) is 34.1 Å². The molecule has 1 N–H and O–H groups in total. The molecule has 1 aliphatic rings. The molecule has 0 aromatic rings. The van der Waals surface area contributed by atoms with E-state index in [4.69, 9.17) is 0 Å². The van der Waals surface area contributed by atoms with Crippen LogP contribution in [0.25, 0.3) is 0 Å². The van der Waals surface area contributed by atoms with Gasteiger partial charge in [0.05, 0.1) is 0 Å². The zero-order valence-corrected chi connectivity index (χ0v) is 12.6. The van der Waals surface area contributed by atoms with Crippen molar-refractivity contribution in [2.75, 3.05) is 13.6 Å². The average Bonchev–Trinajstić information content (AvgIpc) is 2.27. The fraction of sp³-hybridized carbons (Fsp3) is 1.00. The molecule has 3 atom stereocenters. The summed E-state index contributed by atoms with van der Waals surface area (Å²) < 4.78 is 0. The van der Waals surface area contributed by atoms with E-state index in [-0.39, 0.29) is 0 Å². The summed E-state index contributed by atoms with van der Waals surface area (Å²) in [5.74, 6) is 4.65. The fourth-order valence-electron chi connectivity index (χ4n) is 3.40. The molecule has 1 fully saturated rings. The van der Waals surface area contributed by atoms with Crippen molar-refractivity contribution in [1.29, 1.82) is 0 Å². The Morgan fingerprint density at radius 3 is 2.29 bits per heavy atom. The number of hydrogen-bond acceptors (Lipinski definition) is 1. The van der Waals surface area contributed by atoms with Gasteiger partial charge in [-0.25, -0.2) is 0 Å². The zero-order chi connectivity index (χ0) is 12.8. The van der Waals surface area contributed by atoms with Crippen LogP contribution in [0.2, 0.25) is 0 Å². The van der Waals surface area contributed by atoms with Crippen LogP contribution in [0.4, 0.5) is 0 Å². The van der Waals surface area contributed by atoms with E-state index < -0.39 is 0 Å². The van der Waals surface area contributed by atoms with Gasteiger partial charge in [0, 0.05) is 0 Å². The Hall–Kier alpha value is -0.0400. The molecular weight excluding hydrogens is 206 g/mol. The quantitative estimate of drug-likeness (QED) is 0.727. The van der Waals surface area contributed by atoms with Crippen LogP contribution >= 0.6 is 0 Å². The molecule has 3 unspecified atom stereocenters. The second-order valence-corrected chi connectivity index (χ2v) is 6.87. The minimum atomic E-state index is 0.865. The lowest BCUT2D eigenvalue weighted by Gasteiger charge is -2.38. The molecule has 1 rings (SSSR count). The maximum atomic E-state index is 3.40. The Labute approximate surface area is 109 Å². The normalized spacial score (nSPS) is 30.2. The van der Waals surface area contributed by atoms with Crippen molar-refractivity contribution < 1.29 is 0 Å². The van der Waals surface area contributed by atoms with Crippen molar-refractivity contribution in [2.24, 2.45) is 29.6 Å². The summed E-state index contributed by atoms with van der Waals surface area (Å²) in [6.45, 7) is 10.8. The molecule has 1 aliphatic carbocycles. The lowest BCUT2D eigenvalue weighted by molar-refractivity contribution is 0.134. The van der Waals surface area contributed by atoms with E-state index in [1.807, 2.05) is 0 Å². The van der Waals surface area contributed by atoms with Crippen molar-refractivity contribution >= 4 is 0 Å². The van der Waals surface area contributed by atoms with Gasteiger partial charge < -0.3 is 5.32 Å². The zero-order valence-electron chi connectivity index (χ0n) is 12.6. The van der Waals surface area contributed by atoms with Gasteiger partial charge in [-0.15, -0.1) is 0 Å². The second kappa shape index (κ2) is 7.41. The van der Waals surface area contributed by atoms with Gasteiger partial charge in [0.15, 0.2) is 0 Å². The van der Waals surface area contributed by atoms with Crippen LogP contribution in [-0.2, 0) is 0 Å². The highest BCUT2D eigenvalue weighted by Gasteiger charge is 2.30. The van der Waals surface area contributed by atoms with E-state index in [0.29, 0.717) is 0 Å². The van der Waals surface area contributed by atoms with E-state index >= 15 is 0 Å². The first-order valence-corrected chi connectivity index (χ1v) is 7.69. The molecule has 1 saturated carbocycles. The molecular formula is C16H33N. The molecule has 0 bridgehead atoms. The first-order chi connectivity index (χ1) is 8.04. The molecule has 0 aromatic heterocycles. The van der Waals surface area contributed by atoms with Gasteiger partial charge in [-0.05, 0) is 68.9 Å². The molecule has 0 amide bonds. The highest BCUT2D eigenvalue weighted by atomic mass is 14.8. The third kappa shape index (κ3) is 4.99. The summed E-state index contributed by atoms with van der Waals surface area (Å²) in [4.78, 5) is 0. The Morgan fingerprint density at radius 2 is 1.76 bits per heavy atom. The molecule has 0 saturated heterocycles. The summed E-state index contributed by atoms with van der Waals surface area (Å²) in [5, 5.41) is 3.40. The van der Waals surface area contributed by atoms with E-state index in [1.54, 1.807) is 0 Å². The topological polar surface area (TPSA) is 12.0 Å². The predicted molar refractivity (Wildman–Crippen MR) is 77.2 cm³/mol. The van der Waals surface area contributed by atoms with E-state index in [1.165, 1.54) is 38.6 Å². The highest BCUT2D eigenvalue weighted by Crippen LogP contribution is 2.39. The molecule has 0 heterocycles. The first kappa shape index (κ1) is 15.0. The molecule has 102 valence electrons. The standard InChI is InChI=1S/C16H33N/c1-12(2)6-7-15-10-14(13(3)4)8-9-16(15)11-17-5/h12-17H,6-11H2,1-5H3. The summed E-state index contributed by atoms with van der Waals surface area (Å²) in [6, 6.07) is 0. The molecule has 0 radical (unpaired) electrons. The van der Waals surface area contributed by atoms with Crippen LogP contribution in [0.1, 0.15) is 59.8 Å². The summed E-state index contributed by atoms with van der Waals surface area (Å²) >= 11 is 0. The van der Waals surface area contributed by atoms with Crippen molar-refractivity contribution in [3.05, 3.63) is 0 Å². The monoisotopic (exact) mass is 239 g/mol. The molecule has 0 spiro atoms. The SMILES string of the molecule is CNCC1CCC(C(C)C)CC1CCC(C)C. The minimum absolute atomic E-state index is 0.865. The second-order valence-electron chi connectivity index (χ2n) is 6.87. The van der Waals surface area contributed by atoms with Gasteiger partial charge in [0.1, 0.15) is 0 Å². The Morgan fingerprint density at radius 1 is 1.06 bits per heavy atom. The van der Waals surface area contributed by atoms with Gasteiger partial charge >= 0.3 is 0 Å². The van der Waals surface area contributed by atoms with Crippen LogP contribution in [-0.4, -0.2) is 13.6 Å². The smallest absolute Gasteiger partial charge is 0.00209 e. The van der Waals surface area contributed by atoms with Crippen LogP contribution in [0.5, 0.6) is 0 Å². The molecule has 1 nitrogen and oxygen atoms in total. The van der Waals surface area contributed by atoms with Crippen molar-refractivity contribution in [3.63, 3.8) is 0 Å². The third-order valence-corrected chi connectivity index (χ3v) is 4.70. The van der Waals surface area contributed by atoms with Crippen LogP contribution < -0.4 is 5.32 Å². The molecule has 0 aliphatic heterocycles. The fourth-order valence-corrected chi connectivity index (χ4v) is 3.40. The summed E-state index contributed by atoms with van der Waals surface area (Å²) in [5.41, 5.74) is 0. The van der Waals surface area contributed by atoms with E-state index in [9.17, 15) is 0 Å². The Kier molecular flexibility index (Phi) is 6.54. The summed E-state index contributed by atoms with van der Waals surface area (Å²) in [6.07, 6.45) is 7.26. The van der Waals surface area contributed by atoms with Gasteiger partial charge in [0.25, 0.3) is 0 Å². The number of hydrogen-bond donors (Lipinski definition) is 1. The van der Waals surface area contributed by atoms with E-state index in [0.717, 1.165) is 29.6 Å². The summed E-state index contributed by atoms with van der Waals surface area (Å²) in [7, 11) is 2.11. The Balaban J connectivity index is 2.49. The van der Waals surface area contributed by atoms with Crippen LogP contribution in [0.15, 0.2) is 0 Å². The molecule has 0 aromatic carbocycles. The van der Waals surface area contributed by atoms with Crippen molar-refractivity contribution in [3.8, 4) is 0 Å². The van der Waals surface area contributed by atoms with Crippen molar-refractivity contribution in [2.45, 2.75) is 59.8 Å². The van der Waals surface area contributed by atoms with Gasteiger partial charge in [-0.3, -0.25) is 0 Å². The molecule has 1 heteroatoms. The van der Waals surface area contributed by atoms with Crippen molar-refractivity contribution in [1.82, 2.24) is 5.32 Å². The van der Waals surface area contributed by atoms with Crippen LogP contribution in [0.3, 0.4) is 0 Å². The minimum Gasteiger partial charge on any atom is -0.319 e. The molecule has 17 heavy (non-hydrogen) atoms. The third-order valence-electron chi connectivity index (χ3n) is 4.70. The lowest BCUT2D eigenvalue weighted by Crippen LogP contribution is -2.33. The van der Waals surface area contributed by atoms with Crippen LogP contribution in [0, 0.1) is 29.6 Å². The first-order valence-electron chi connectivity index (χ1n) is 7.69. The predicted octanol–water partition coefficient (Wildman–Crippen LogP) is 4.33. The lowest BCUT2D eigenvalue weighted by atomic mass is 9.69. The number of nitrogens with one attached hydrogen (secondary N) is 1. The highest BCUT2D eigenvalue weighted by molar-refractivity contribution is 4.82. The van der Waals surface area contributed by atoms with E-state index in [2.05, 4.69) is 40.1 Å². The van der Waals surface area contributed by atoms with Gasteiger partial charge in [-0.2, -0.15) is 0 Å².